The molecule has 10 heteroatoms. The van der Waals surface area contributed by atoms with Gasteiger partial charge in [0, 0.05) is 28.3 Å². The van der Waals surface area contributed by atoms with Gasteiger partial charge in [0.15, 0.2) is 28.8 Å². The second-order valence-corrected chi connectivity index (χ2v) is 8.18. The topological polar surface area (TPSA) is 140 Å². The van der Waals surface area contributed by atoms with Gasteiger partial charge in [-0.05, 0) is 18.2 Å². The van der Waals surface area contributed by atoms with Gasteiger partial charge >= 0.3 is 5.69 Å². The van der Waals surface area contributed by atoms with Crippen molar-refractivity contribution in [2.45, 2.75) is 0 Å². The molecule has 0 aliphatic rings. The molecule has 0 heterocycles. The van der Waals surface area contributed by atoms with E-state index in [2.05, 4.69) is 0 Å². The summed E-state index contributed by atoms with van der Waals surface area (Å²) in [4.78, 5) is 35.2. The van der Waals surface area contributed by atoms with Crippen LogP contribution in [0.1, 0.15) is 31.8 Å². The normalized spacial score (nSPS) is 10.0. The first-order valence-electron chi connectivity index (χ1n) is 11.9. The van der Waals surface area contributed by atoms with Crippen LogP contribution in [-0.4, -0.2) is 44.9 Å². The number of benzene rings is 4. The number of nitrogen functional groups attached to an aromatic ring is 1. The summed E-state index contributed by atoms with van der Waals surface area (Å²) in [7, 11) is 5.68. The maximum atomic E-state index is 12.4. The lowest BCUT2D eigenvalue weighted by molar-refractivity contribution is -0.385. The number of nitro groups is 1. The van der Waals surface area contributed by atoms with Gasteiger partial charge < -0.3 is 24.7 Å². The summed E-state index contributed by atoms with van der Waals surface area (Å²) in [5.74, 6) is 0.597. The van der Waals surface area contributed by atoms with Crippen LogP contribution in [0.3, 0.4) is 0 Å². The van der Waals surface area contributed by atoms with E-state index in [0.717, 1.165) is 0 Å². The van der Waals surface area contributed by atoms with Gasteiger partial charge in [-0.1, -0.05) is 60.7 Å². The van der Waals surface area contributed by atoms with Crippen molar-refractivity contribution in [3.8, 4) is 23.0 Å². The average molecular weight is 545 g/mol. The fourth-order valence-corrected chi connectivity index (χ4v) is 3.85. The summed E-state index contributed by atoms with van der Waals surface area (Å²) in [6, 6.07) is 23.4. The number of hydrogen-bond acceptors (Lipinski definition) is 9. The predicted octanol–water partition coefficient (Wildman–Crippen LogP) is 5.36. The van der Waals surface area contributed by atoms with Crippen LogP contribution >= 0.6 is 0 Å². The molecule has 10 nitrogen and oxygen atoms in total. The molecule has 0 radical (unpaired) electrons. The van der Waals surface area contributed by atoms with Crippen LogP contribution in [0, 0.1) is 10.1 Å². The van der Waals surface area contributed by atoms with E-state index in [1.54, 1.807) is 54.6 Å². The molecule has 4 aromatic carbocycles. The summed E-state index contributed by atoms with van der Waals surface area (Å²) in [6.45, 7) is 0. The molecule has 0 amide bonds. The quantitative estimate of drug-likeness (QED) is 0.128. The van der Waals surface area contributed by atoms with E-state index in [4.69, 9.17) is 24.7 Å². The minimum atomic E-state index is -0.608. The smallest absolute Gasteiger partial charge is 0.315 e. The van der Waals surface area contributed by atoms with Crippen molar-refractivity contribution < 1.29 is 33.5 Å². The Hall–Kier alpha value is -5.38. The van der Waals surface area contributed by atoms with E-state index < -0.39 is 4.92 Å². The SMILES string of the molecule is COc1cc(C(=O)c2ccccc2)cc(N)c1OC.COc1cc(C(=O)c2ccccc2)cc([N+](=O)[O-])c1OC. The van der Waals surface area contributed by atoms with Gasteiger partial charge in [0.05, 0.1) is 39.0 Å². The molecule has 0 unspecified atom stereocenters. The average Bonchev–Trinajstić information content (AvgIpc) is 3.00. The van der Waals surface area contributed by atoms with Crippen molar-refractivity contribution in [3.05, 3.63) is 117 Å². The highest BCUT2D eigenvalue weighted by atomic mass is 16.6. The molecule has 0 bridgehead atoms. The first-order valence-corrected chi connectivity index (χ1v) is 11.9. The summed E-state index contributed by atoms with van der Waals surface area (Å²) in [6.07, 6.45) is 0. The van der Waals surface area contributed by atoms with Crippen LogP contribution < -0.4 is 24.7 Å². The monoisotopic (exact) mass is 544 g/mol. The maximum absolute atomic E-state index is 12.4. The van der Waals surface area contributed by atoms with Crippen LogP contribution in [-0.2, 0) is 0 Å². The number of hydrogen-bond donors (Lipinski definition) is 1. The molecule has 0 spiro atoms. The van der Waals surface area contributed by atoms with E-state index in [9.17, 15) is 19.7 Å². The number of ketones is 2. The lowest BCUT2D eigenvalue weighted by Crippen LogP contribution is -2.04. The van der Waals surface area contributed by atoms with Crippen molar-refractivity contribution in [1.82, 2.24) is 0 Å². The highest BCUT2D eigenvalue weighted by Crippen LogP contribution is 2.38. The van der Waals surface area contributed by atoms with Gasteiger partial charge in [-0.2, -0.15) is 0 Å². The van der Waals surface area contributed by atoms with Crippen molar-refractivity contribution in [2.75, 3.05) is 34.2 Å². The first kappa shape index (κ1) is 29.2. The van der Waals surface area contributed by atoms with Crippen molar-refractivity contribution in [2.24, 2.45) is 0 Å². The van der Waals surface area contributed by atoms with Gasteiger partial charge in [-0.15, -0.1) is 0 Å². The molecule has 0 aliphatic heterocycles. The fourth-order valence-electron chi connectivity index (χ4n) is 3.85. The molecule has 0 saturated heterocycles. The number of carbonyl (C=O) groups is 2. The highest BCUT2D eigenvalue weighted by Gasteiger charge is 2.24. The van der Waals surface area contributed by atoms with E-state index in [1.165, 1.54) is 40.6 Å². The summed E-state index contributed by atoms with van der Waals surface area (Å²) >= 11 is 0. The molecular weight excluding hydrogens is 516 g/mol. The lowest BCUT2D eigenvalue weighted by Gasteiger charge is -2.12. The second kappa shape index (κ2) is 13.4. The van der Waals surface area contributed by atoms with Crippen LogP contribution in [0.4, 0.5) is 11.4 Å². The number of ether oxygens (including phenoxy) is 4. The number of methoxy groups -OCH3 is 4. The molecule has 2 N–H and O–H groups in total. The number of nitro benzene ring substituents is 1. The maximum Gasteiger partial charge on any atom is 0.315 e. The van der Waals surface area contributed by atoms with E-state index in [1.807, 2.05) is 18.2 Å². The number of nitrogens with zero attached hydrogens (tertiary/aromatic N) is 1. The van der Waals surface area contributed by atoms with Gasteiger partial charge in [-0.25, -0.2) is 0 Å². The third kappa shape index (κ3) is 6.54. The van der Waals surface area contributed by atoms with Crippen molar-refractivity contribution >= 4 is 22.9 Å². The van der Waals surface area contributed by atoms with Gasteiger partial charge in [0.2, 0.25) is 5.75 Å². The number of carbonyl (C=O) groups excluding carboxylic acids is 2. The number of nitrogens with two attached hydrogens (primary N) is 1. The second-order valence-electron chi connectivity index (χ2n) is 8.18. The molecule has 4 rings (SSSR count). The zero-order valence-electron chi connectivity index (χ0n) is 22.4. The van der Waals surface area contributed by atoms with Crippen molar-refractivity contribution in [1.29, 1.82) is 0 Å². The first-order chi connectivity index (χ1) is 19.2. The van der Waals surface area contributed by atoms with Crippen LogP contribution in [0.2, 0.25) is 0 Å². The largest absolute Gasteiger partial charge is 0.493 e. The van der Waals surface area contributed by atoms with Crippen LogP contribution in [0.25, 0.3) is 0 Å². The molecule has 0 saturated carbocycles. The summed E-state index contributed by atoms with van der Waals surface area (Å²) in [5, 5.41) is 11.1. The van der Waals surface area contributed by atoms with Crippen molar-refractivity contribution in [3.63, 3.8) is 0 Å². The standard InChI is InChI=1S/C15H13NO5.C15H15NO3/c1-20-13-9-11(8-12(16(18)19)15(13)21-2)14(17)10-6-4-3-5-7-10;1-18-13-9-11(8-12(16)15(13)19-2)14(17)10-6-4-3-5-7-10/h3-9H,1-2H3;3-9H,16H2,1-2H3. The Morgan fingerprint density at radius 3 is 1.45 bits per heavy atom. The van der Waals surface area contributed by atoms with Crippen LogP contribution in [0.15, 0.2) is 84.9 Å². The minimum Gasteiger partial charge on any atom is -0.493 e. The van der Waals surface area contributed by atoms with E-state index >= 15 is 0 Å². The Morgan fingerprint density at radius 1 is 0.625 bits per heavy atom. The Balaban J connectivity index is 0.000000222. The van der Waals surface area contributed by atoms with Gasteiger partial charge in [0.25, 0.3) is 0 Å². The zero-order valence-corrected chi connectivity index (χ0v) is 22.4. The number of anilines is 1. The Labute approximate surface area is 231 Å². The minimum absolute atomic E-state index is 0.00730. The lowest BCUT2D eigenvalue weighted by atomic mass is 10.0. The van der Waals surface area contributed by atoms with E-state index in [-0.39, 0.29) is 34.3 Å². The third-order valence-corrected chi connectivity index (χ3v) is 5.76. The third-order valence-electron chi connectivity index (χ3n) is 5.76. The summed E-state index contributed by atoms with van der Waals surface area (Å²) < 4.78 is 20.4. The zero-order chi connectivity index (χ0) is 29.2. The van der Waals surface area contributed by atoms with Gasteiger partial charge in [0.1, 0.15) is 0 Å². The molecule has 0 aromatic heterocycles. The van der Waals surface area contributed by atoms with Crippen LogP contribution in [0.5, 0.6) is 23.0 Å². The highest BCUT2D eigenvalue weighted by molar-refractivity contribution is 6.10. The molecular formula is C30H28N2O8. The molecule has 206 valence electrons. The Bertz CT molecular complexity index is 1510. The molecule has 0 fully saturated rings. The number of rotatable bonds is 9. The van der Waals surface area contributed by atoms with E-state index in [0.29, 0.717) is 33.9 Å². The summed E-state index contributed by atoms with van der Waals surface area (Å²) in [5.41, 5.74) is 7.63. The molecule has 40 heavy (non-hydrogen) atoms. The van der Waals surface area contributed by atoms with Gasteiger partial charge in [-0.3, -0.25) is 19.7 Å². The Morgan fingerprint density at radius 2 is 1.05 bits per heavy atom. The molecule has 4 aromatic rings. The molecule has 0 atom stereocenters. The Kier molecular flexibility index (Phi) is 9.79. The molecule has 0 aliphatic carbocycles. The predicted molar refractivity (Wildman–Crippen MR) is 150 cm³/mol. The fraction of sp³-hybridized carbons (Fsp3) is 0.133.